The van der Waals surface area contributed by atoms with E-state index < -0.39 is 3.25 Å². The van der Waals surface area contributed by atoms with Crippen molar-refractivity contribution in [1.29, 1.82) is 0 Å². The Morgan fingerprint density at radius 2 is 1.08 bits per heavy atom. The highest BCUT2D eigenvalue weighted by atomic mass is 35.6. The van der Waals surface area contributed by atoms with Gasteiger partial charge in [0, 0.05) is 0 Å². The molecule has 0 saturated heterocycles. The molecule has 1 aromatic carbocycles. The van der Waals surface area contributed by atoms with Crippen LogP contribution < -0.4 is 0 Å². The van der Waals surface area contributed by atoms with Crippen molar-refractivity contribution in [3.05, 3.63) is 35.4 Å². The zero-order chi connectivity index (χ0) is 10.5. The van der Waals surface area contributed by atoms with Gasteiger partial charge in [0.05, 0.1) is 0 Å². The van der Waals surface area contributed by atoms with Crippen molar-refractivity contribution in [2.24, 2.45) is 0 Å². The lowest BCUT2D eigenvalue weighted by Crippen LogP contribution is -1.81. The largest absolute Gasteiger partial charge is 0.266 e. The third-order valence-corrected chi connectivity index (χ3v) is 1.43. The smallest absolute Gasteiger partial charge is 0.0664 e. The Morgan fingerprint density at radius 1 is 0.846 bits per heavy atom. The number of benzene rings is 1. The molecule has 0 atom stereocenters. The molecule has 0 spiro atoms. The number of rotatable bonds is 0. The molecule has 74 valence electrons. The van der Waals surface area contributed by atoms with Gasteiger partial charge in [-0.25, -0.2) is 0 Å². The molecular formula is C9H10Cl4. The first kappa shape index (κ1) is 13.4. The predicted molar refractivity (Wildman–Crippen MR) is 62.1 cm³/mol. The molecule has 0 fully saturated rings. The number of alkyl halides is 4. The highest BCUT2D eigenvalue weighted by molar-refractivity contribution is 6.83. The standard InChI is InChI=1S/C8H10.CCl4/c1-7-5-3-4-6-8(7)2;2-1(3,4)5/h3-6H,1-2H3;. The molecule has 0 N–H and O–H groups in total. The van der Waals surface area contributed by atoms with E-state index in [1.807, 2.05) is 0 Å². The van der Waals surface area contributed by atoms with Crippen molar-refractivity contribution in [1.82, 2.24) is 0 Å². The molecular weight excluding hydrogens is 250 g/mol. The molecule has 0 amide bonds. The van der Waals surface area contributed by atoms with Crippen LogP contribution in [0.5, 0.6) is 0 Å². The Hall–Kier alpha value is 0.380. The molecule has 0 radical (unpaired) electrons. The van der Waals surface area contributed by atoms with E-state index in [1.54, 1.807) is 0 Å². The lowest BCUT2D eigenvalue weighted by molar-refractivity contribution is 1.34. The van der Waals surface area contributed by atoms with E-state index in [-0.39, 0.29) is 0 Å². The SMILES string of the molecule is Cc1ccccc1C.ClC(Cl)(Cl)Cl. The fourth-order valence-corrected chi connectivity index (χ4v) is 0.663. The molecule has 0 bridgehead atoms. The second-order valence-corrected chi connectivity index (χ2v) is 5.94. The summed E-state index contributed by atoms with van der Waals surface area (Å²) in [7, 11) is 0. The average Bonchev–Trinajstić information content (AvgIpc) is 1.92. The zero-order valence-corrected chi connectivity index (χ0v) is 10.3. The molecule has 0 heterocycles. The summed E-state index contributed by atoms with van der Waals surface area (Å²) in [6.07, 6.45) is 0. The van der Waals surface area contributed by atoms with Crippen LogP contribution in [-0.4, -0.2) is 3.25 Å². The molecule has 4 heteroatoms. The summed E-state index contributed by atoms with van der Waals surface area (Å²) in [5, 5.41) is 0. The number of hydrogen-bond acceptors (Lipinski definition) is 0. The van der Waals surface area contributed by atoms with Gasteiger partial charge < -0.3 is 0 Å². The van der Waals surface area contributed by atoms with Gasteiger partial charge in [-0.1, -0.05) is 70.7 Å². The summed E-state index contributed by atoms with van der Waals surface area (Å²) in [4.78, 5) is 0. The molecule has 0 aliphatic carbocycles. The Balaban J connectivity index is 0.000000252. The summed E-state index contributed by atoms with van der Waals surface area (Å²) in [5.74, 6) is 0. The fraction of sp³-hybridized carbons (Fsp3) is 0.333. The van der Waals surface area contributed by atoms with Crippen LogP contribution in [0.3, 0.4) is 0 Å². The van der Waals surface area contributed by atoms with Crippen LogP contribution in [0.4, 0.5) is 0 Å². The third kappa shape index (κ3) is 10.3. The maximum Gasteiger partial charge on any atom is 0.266 e. The highest BCUT2D eigenvalue weighted by Crippen LogP contribution is 2.29. The quantitative estimate of drug-likeness (QED) is 0.584. The van der Waals surface area contributed by atoms with E-state index in [2.05, 4.69) is 38.1 Å². The van der Waals surface area contributed by atoms with Gasteiger partial charge in [-0.2, -0.15) is 0 Å². The summed E-state index contributed by atoms with van der Waals surface area (Å²) in [5.41, 5.74) is 2.74. The van der Waals surface area contributed by atoms with Gasteiger partial charge >= 0.3 is 0 Å². The number of aryl methyl sites for hydroxylation is 2. The first-order valence-corrected chi connectivity index (χ1v) is 5.10. The van der Waals surface area contributed by atoms with Crippen molar-refractivity contribution in [3.63, 3.8) is 0 Å². The molecule has 0 saturated carbocycles. The molecule has 1 aromatic rings. The lowest BCUT2D eigenvalue weighted by atomic mass is 10.1. The Labute approximate surface area is 98.7 Å². The van der Waals surface area contributed by atoms with Crippen LogP contribution in [0.2, 0.25) is 0 Å². The molecule has 0 unspecified atom stereocenters. The first-order valence-electron chi connectivity index (χ1n) is 3.58. The maximum atomic E-state index is 4.83. The minimum absolute atomic E-state index is 1.37. The maximum absolute atomic E-state index is 4.83. The first-order chi connectivity index (χ1) is 5.80. The van der Waals surface area contributed by atoms with Crippen LogP contribution in [0, 0.1) is 13.8 Å². The summed E-state index contributed by atoms with van der Waals surface area (Å²) < 4.78 is -1.61. The zero-order valence-electron chi connectivity index (χ0n) is 7.32. The third-order valence-electron chi connectivity index (χ3n) is 1.43. The minimum atomic E-state index is -1.61. The lowest BCUT2D eigenvalue weighted by Gasteiger charge is -1.93. The van der Waals surface area contributed by atoms with Crippen LogP contribution >= 0.6 is 46.4 Å². The van der Waals surface area contributed by atoms with Crippen LogP contribution in [0.25, 0.3) is 0 Å². The van der Waals surface area contributed by atoms with Crippen molar-refractivity contribution in [3.8, 4) is 0 Å². The van der Waals surface area contributed by atoms with Gasteiger partial charge in [0.2, 0.25) is 0 Å². The monoisotopic (exact) mass is 258 g/mol. The molecule has 0 nitrogen and oxygen atoms in total. The average molecular weight is 260 g/mol. The summed E-state index contributed by atoms with van der Waals surface area (Å²) in [6.45, 7) is 4.24. The molecule has 0 aliphatic rings. The Kier molecular flexibility index (Phi) is 6.15. The van der Waals surface area contributed by atoms with Crippen molar-refractivity contribution >= 4 is 46.4 Å². The van der Waals surface area contributed by atoms with E-state index in [9.17, 15) is 0 Å². The van der Waals surface area contributed by atoms with E-state index >= 15 is 0 Å². The van der Waals surface area contributed by atoms with Gasteiger partial charge in [-0.15, -0.1) is 0 Å². The molecule has 13 heavy (non-hydrogen) atoms. The van der Waals surface area contributed by atoms with Gasteiger partial charge in [0.1, 0.15) is 0 Å². The molecule has 0 aromatic heterocycles. The summed E-state index contributed by atoms with van der Waals surface area (Å²) >= 11 is 19.3. The van der Waals surface area contributed by atoms with Crippen molar-refractivity contribution < 1.29 is 0 Å². The number of hydrogen-bond donors (Lipinski definition) is 0. The second-order valence-electron chi connectivity index (χ2n) is 2.51. The minimum Gasteiger partial charge on any atom is -0.0664 e. The van der Waals surface area contributed by atoms with Crippen LogP contribution in [0.1, 0.15) is 11.1 Å². The fourth-order valence-electron chi connectivity index (χ4n) is 0.663. The van der Waals surface area contributed by atoms with E-state index in [1.165, 1.54) is 11.1 Å². The van der Waals surface area contributed by atoms with E-state index in [4.69, 9.17) is 46.4 Å². The normalized spacial score (nSPS) is 10.3. The van der Waals surface area contributed by atoms with Crippen molar-refractivity contribution in [2.75, 3.05) is 0 Å². The molecule has 1 rings (SSSR count). The van der Waals surface area contributed by atoms with Crippen LogP contribution in [-0.2, 0) is 0 Å². The highest BCUT2D eigenvalue weighted by Gasteiger charge is 2.11. The van der Waals surface area contributed by atoms with Gasteiger partial charge in [-0.05, 0) is 25.0 Å². The van der Waals surface area contributed by atoms with E-state index in [0.717, 1.165) is 0 Å². The summed E-state index contributed by atoms with van der Waals surface area (Å²) in [6, 6.07) is 8.36. The predicted octanol–water partition coefficient (Wildman–Crippen LogP) is 4.86. The van der Waals surface area contributed by atoms with Crippen LogP contribution in [0.15, 0.2) is 24.3 Å². The second kappa shape index (κ2) is 5.98. The Morgan fingerprint density at radius 3 is 1.23 bits per heavy atom. The van der Waals surface area contributed by atoms with Gasteiger partial charge in [-0.3, -0.25) is 0 Å². The Bertz CT molecular complexity index is 225. The van der Waals surface area contributed by atoms with Gasteiger partial charge in [0.15, 0.2) is 0 Å². The van der Waals surface area contributed by atoms with Gasteiger partial charge in [0.25, 0.3) is 3.25 Å². The van der Waals surface area contributed by atoms with E-state index in [0.29, 0.717) is 0 Å². The number of halogens is 4. The molecule has 0 aliphatic heterocycles. The topological polar surface area (TPSA) is 0 Å². The van der Waals surface area contributed by atoms with Crippen molar-refractivity contribution in [2.45, 2.75) is 17.1 Å².